The first-order valence-corrected chi connectivity index (χ1v) is 8.07. The van der Waals surface area contributed by atoms with Gasteiger partial charge in [0.1, 0.15) is 6.54 Å². The Morgan fingerprint density at radius 1 is 0.778 bits per heavy atom. The van der Waals surface area contributed by atoms with E-state index in [2.05, 4.69) is 0 Å². The average molecular weight is 374 g/mol. The zero-order chi connectivity index (χ0) is 19.6. The van der Waals surface area contributed by atoms with Crippen LogP contribution in [-0.2, 0) is 28.9 Å². The van der Waals surface area contributed by atoms with E-state index < -0.39 is 29.7 Å². The molecule has 140 valence electrons. The molecule has 2 heterocycles. The topological polar surface area (TPSA) is 127 Å². The van der Waals surface area contributed by atoms with Crippen molar-refractivity contribution in [2.75, 3.05) is 6.54 Å². The van der Waals surface area contributed by atoms with Gasteiger partial charge in [0.05, 0.1) is 11.1 Å². The highest BCUT2D eigenvalue weighted by Gasteiger charge is 2.33. The highest BCUT2D eigenvalue weighted by Crippen LogP contribution is 2.16. The van der Waals surface area contributed by atoms with E-state index in [0.717, 1.165) is 6.07 Å². The molecular weight excluding hydrogens is 360 g/mol. The quantitative estimate of drug-likeness (QED) is 0.683. The highest BCUT2D eigenvalue weighted by atomic mass is 16.7. The number of carbonyl (C=O) groups excluding carboxylic acids is 6. The van der Waals surface area contributed by atoms with Crippen molar-refractivity contribution in [1.82, 2.24) is 10.1 Å². The van der Waals surface area contributed by atoms with E-state index in [1.165, 1.54) is 18.2 Å². The first-order chi connectivity index (χ1) is 12.8. The first kappa shape index (κ1) is 18.2. The van der Waals surface area contributed by atoms with Gasteiger partial charge in [-0.3, -0.25) is 19.2 Å². The number of hydrogen-bond acceptors (Lipinski definition) is 8. The normalized spacial score (nSPS) is 17.3. The fourth-order valence-corrected chi connectivity index (χ4v) is 2.50. The van der Waals surface area contributed by atoms with Crippen LogP contribution in [0.15, 0.2) is 24.3 Å². The van der Waals surface area contributed by atoms with Crippen LogP contribution in [0, 0.1) is 0 Å². The molecule has 0 unspecified atom stereocenters. The Kier molecular flexibility index (Phi) is 4.97. The van der Waals surface area contributed by atoms with Crippen LogP contribution >= 0.6 is 0 Å². The summed E-state index contributed by atoms with van der Waals surface area (Å²) in [6.45, 7) is -0.328. The highest BCUT2D eigenvalue weighted by molar-refractivity contribution is 6.03. The summed E-state index contributed by atoms with van der Waals surface area (Å²) in [6, 6.07) is 5.15. The van der Waals surface area contributed by atoms with Crippen LogP contribution in [0.5, 0.6) is 0 Å². The van der Waals surface area contributed by atoms with E-state index in [1.807, 2.05) is 0 Å². The zero-order valence-corrected chi connectivity index (χ0v) is 14.0. The number of imide groups is 1. The van der Waals surface area contributed by atoms with Crippen molar-refractivity contribution in [3.05, 3.63) is 35.4 Å². The second-order valence-electron chi connectivity index (χ2n) is 5.89. The number of amides is 3. The van der Waals surface area contributed by atoms with E-state index in [-0.39, 0.29) is 49.1 Å². The maximum Gasteiger partial charge on any atom is 0.363 e. The van der Waals surface area contributed by atoms with Gasteiger partial charge in [0, 0.05) is 25.7 Å². The van der Waals surface area contributed by atoms with Crippen molar-refractivity contribution in [1.29, 1.82) is 0 Å². The molecule has 3 amide bonds. The van der Waals surface area contributed by atoms with Crippen LogP contribution in [0.2, 0.25) is 0 Å². The number of piperidine rings is 1. The molecule has 0 N–H and O–H groups in total. The van der Waals surface area contributed by atoms with Crippen molar-refractivity contribution >= 4 is 35.4 Å². The molecule has 2 aliphatic heterocycles. The molecule has 1 aromatic rings. The van der Waals surface area contributed by atoms with E-state index in [1.54, 1.807) is 0 Å². The van der Waals surface area contributed by atoms with E-state index in [0.29, 0.717) is 10.1 Å². The zero-order valence-electron chi connectivity index (χ0n) is 14.0. The van der Waals surface area contributed by atoms with E-state index in [4.69, 9.17) is 9.68 Å². The second-order valence-corrected chi connectivity index (χ2v) is 5.89. The lowest BCUT2D eigenvalue weighted by molar-refractivity contribution is -0.174. The molecular formula is C17H14N2O8. The maximum absolute atomic E-state index is 12.2. The van der Waals surface area contributed by atoms with Gasteiger partial charge in [-0.15, -0.1) is 5.06 Å². The van der Waals surface area contributed by atoms with E-state index >= 15 is 0 Å². The van der Waals surface area contributed by atoms with Crippen molar-refractivity contribution in [3.8, 4) is 0 Å². The minimum absolute atomic E-state index is 0.0406. The Morgan fingerprint density at radius 3 is 1.96 bits per heavy atom. The Balaban J connectivity index is 1.69. The van der Waals surface area contributed by atoms with Crippen LogP contribution in [-0.4, -0.2) is 52.1 Å². The van der Waals surface area contributed by atoms with Gasteiger partial charge in [-0.2, -0.15) is 5.06 Å². The third-order valence-electron chi connectivity index (χ3n) is 3.92. The second kappa shape index (κ2) is 7.36. The summed E-state index contributed by atoms with van der Waals surface area (Å²) >= 11 is 0. The van der Waals surface area contributed by atoms with Gasteiger partial charge in [0.25, 0.3) is 17.7 Å². The van der Waals surface area contributed by atoms with Gasteiger partial charge in [-0.1, -0.05) is 6.07 Å². The summed E-state index contributed by atoms with van der Waals surface area (Å²) in [6.07, 6.45) is -0.0271. The standard InChI is InChI=1S/C17H14N2O8/c20-12-4-5-13(21)18(9-12)26-16(24)10-2-1-3-11(8-10)17(25)27-19-14(22)6-7-15(19)23/h1-3,8H,4-7,9H2. The molecule has 0 radical (unpaired) electrons. The lowest BCUT2D eigenvalue weighted by Crippen LogP contribution is -2.41. The largest absolute Gasteiger partial charge is 0.363 e. The summed E-state index contributed by atoms with van der Waals surface area (Å²) in [7, 11) is 0. The number of hydrogen-bond donors (Lipinski definition) is 0. The van der Waals surface area contributed by atoms with Crippen molar-refractivity contribution in [3.63, 3.8) is 0 Å². The lowest BCUT2D eigenvalue weighted by atomic mass is 10.1. The Labute approximate surface area is 152 Å². The summed E-state index contributed by atoms with van der Waals surface area (Å²) in [5.74, 6) is -3.93. The molecule has 2 saturated heterocycles. The summed E-state index contributed by atoms with van der Waals surface area (Å²) in [5, 5.41) is 1.08. The third-order valence-corrected chi connectivity index (χ3v) is 3.92. The SMILES string of the molecule is O=C1CCC(=O)N(OC(=O)c2cccc(C(=O)ON3C(=O)CCC3=O)c2)C1. The summed E-state index contributed by atoms with van der Waals surface area (Å²) in [4.78, 5) is 80.1. The van der Waals surface area contributed by atoms with Crippen LogP contribution in [0.1, 0.15) is 46.4 Å². The van der Waals surface area contributed by atoms with Crippen LogP contribution in [0.3, 0.4) is 0 Å². The molecule has 0 aliphatic carbocycles. The van der Waals surface area contributed by atoms with Gasteiger partial charge in [-0.05, 0) is 18.2 Å². The van der Waals surface area contributed by atoms with Gasteiger partial charge in [0.2, 0.25) is 0 Å². The fraction of sp³-hybridized carbons (Fsp3) is 0.294. The van der Waals surface area contributed by atoms with Crippen LogP contribution < -0.4 is 0 Å². The number of carbonyl (C=O) groups is 6. The molecule has 0 bridgehead atoms. The Bertz CT molecular complexity index is 846. The molecule has 2 aliphatic rings. The third kappa shape index (κ3) is 4.00. The summed E-state index contributed by atoms with van der Waals surface area (Å²) < 4.78 is 0. The van der Waals surface area contributed by atoms with Crippen molar-refractivity contribution in [2.45, 2.75) is 25.7 Å². The average Bonchev–Trinajstić information content (AvgIpc) is 2.96. The minimum atomic E-state index is -1.00. The number of ketones is 1. The number of rotatable bonds is 4. The predicted octanol–water partition coefficient (Wildman–Crippen LogP) is 0.171. The van der Waals surface area contributed by atoms with Gasteiger partial charge >= 0.3 is 11.9 Å². The van der Waals surface area contributed by atoms with Gasteiger partial charge < -0.3 is 9.68 Å². The Morgan fingerprint density at radius 2 is 1.33 bits per heavy atom. The molecule has 1 aromatic carbocycles. The van der Waals surface area contributed by atoms with Crippen molar-refractivity contribution in [2.24, 2.45) is 0 Å². The minimum Gasteiger partial charge on any atom is -0.332 e. The molecule has 0 spiro atoms. The first-order valence-electron chi connectivity index (χ1n) is 8.07. The molecule has 0 saturated carbocycles. The molecule has 10 heteroatoms. The summed E-state index contributed by atoms with van der Waals surface area (Å²) in [5.41, 5.74) is -0.174. The molecule has 10 nitrogen and oxygen atoms in total. The molecule has 27 heavy (non-hydrogen) atoms. The smallest absolute Gasteiger partial charge is 0.332 e. The number of Topliss-reactive ketones (excluding diaryl/α,β-unsaturated/α-hetero) is 1. The molecule has 0 atom stereocenters. The van der Waals surface area contributed by atoms with Crippen LogP contribution in [0.4, 0.5) is 0 Å². The Hall–Kier alpha value is -3.56. The number of hydroxylamine groups is 4. The lowest BCUT2D eigenvalue weighted by Gasteiger charge is -2.23. The van der Waals surface area contributed by atoms with Crippen molar-refractivity contribution < 1.29 is 38.4 Å². The fourth-order valence-electron chi connectivity index (χ4n) is 2.50. The monoisotopic (exact) mass is 374 g/mol. The maximum atomic E-state index is 12.2. The predicted molar refractivity (Wildman–Crippen MR) is 84.3 cm³/mol. The number of benzene rings is 1. The molecule has 3 rings (SSSR count). The van der Waals surface area contributed by atoms with Gasteiger partial charge in [-0.25, -0.2) is 9.59 Å². The van der Waals surface area contributed by atoms with E-state index in [9.17, 15) is 28.8 Å². The number of nitrogens with zero attached hydrogens (tertiary/aromatic N) is 2. The molecule has 2 fully saturated rings. The van der Waals surface area contributed by atoms with Gasteiger partial charge in [0.15, 0.2) is 5.78 Å². The van der Waals surface area contributed by atoms with Crippen LogP contribution in [0.25, 0.3) is 0 Å². The molecule has 0 aromatic heterocycles.